The van der Waals surface area contributed by atoms with Crippen LogP contribution in [0.5, 0.6) is 5.75 Å². The van der Waals surface area contributed by atoms with Crippen molar-refractivity contribution in [3.05, 3.63) is 23.8 Å². The Labute approximate surface area is 79.9 Å². The number of halogens is 1. The van der Waals surface area contributed by atoms with E-state index in [2.05, 4.69) is 22.6 Å². The molecule has 1 aromatic carbocycles. The van der Waals surface area contributed by atoms with Gasteiger partial charge in [-0.15, -0.1) is 0 Å². The number of ether oxygens (including phenoxy) is 1. The van der Waals surface area contributed by atoms with Gasteiger partial charge in [0.25, 0.3) is 0 Å². The fraction of sp³-hybridized carbons (Fsp3) is 0.250. The highest BCUT2D eigenvalue weighted by atomic mass is 127. The number of rotatable bonds is 2. The highest BCUT2D eigenvalue weighted by Gasteiger charge is 1.98. The van der Waals surface area contributed by atoms with Crippen LogP contribution < -0.4 is 10.5 Å². The molecule has 1 rings (SSSR count). The molecule has 0 atom stereocenters. The van der Waals surface area contributed by atoms with Crippen molar-refractivity contribution in [1.29, 1.82) is 0 Å². The lowest BCUT2D eigenvalue weighted by atomic mass is 10.2. The van der Waals surface area contributed by atoms with Crippen LogP contribution in [0.25, 0.3) is 0 Å². The molecule has 0 aliphatic rings. The van der Waals surface area contributed by atoms with Crippen LogP contribution >= 0.6 is 22.6 Å². The van der Waals surface area contributed by atoms with E-state index in [9.17, 15) is 0 Å². The highest BCUT2D eigenvalue weighted by molar-refractivity contribution is 14.1. The molecule has 1 aromatic rings. The maximum atomic E-state index is 5.68. The van der Waals surface area contributed by atoms with Gasteiger partial charge in [0.2, 0.25) is 0 Å². The van der Waals surface area contributed by atoms with E-state index in [0.717, 1.165) is 10.2 Å². The number of anilines is 1. The third kappa shape index (κ3) is 1.99. The second kappa shape index (κ2) is 3.80. The predicted molar refractivity (Wildman–Crippen MR) is 55.1 cm³/mol. The maximum Gasteiger partial charge on any atom is 0.141 e. The molecular formula is C8H10INO. The van der Waals surface area contributed by atoms with E-state index in [1.165, 1.54) is 5.56 Å². The van der Waals surface area contributed by atoms with E-state index in [-0.39, 0.29) is 0 Å². The Balaban J connectivity index is 2.99. The first-order valence-corrected chi connectivity index (χ1v) is 4.79. The quantitative estimate of drug-likeness (QED) is 0.504. The summed E-state index contributed by atoms with van der Waals surface area (Å²) < 4.78 is 6.00. The predicted octanol–water partition coefficient (Wildman–Crippen LogP) is 2.21. The maximum absolute atomic E-state index is 5.68. The molecule has 0 radical (unpaired) electrons. The second-order valence-corrected chi connectivity index (χ2v) is 2.97. The van der Waals surface area contributed by atoms with Gasteiger partial charge in [0, 0.05) is 4.43 Å². The number of methoxy groups -OCH3 is 1. The van der Waals surface area contributed by atoms with Crippen molar-refractivity contribution < 1.29 is 4.74 Å². The lowest BCUT2D eigenvalue weighted by molar-refractivity contribution is 0.417. The lowest BCUT2D eigenvalue weighted by Crippen LogP contribution is -1.92. The van der Waals surface area contributed by atoms with Gasteiger partial charge in [-0.05, 0) is 17.7 Å². The minimum absolute atomic E-state index is 0.710. The number of nitrogen functional groups attached to an aromatic ring is 1. The Hall–Kier alpha value is -0.450. The van der Waals surface area contributed by atoms with Gasteiger partial charge in [-0.25, -0.2) is 0 Å². The Morgan fingerprint density at radius 2 is 2.27 bits per heavy atom. The van der Waals surface area contributed by atoms with Gasteiger partial charge in [-0.3, -0.25) is 0 Å². The van der Waals surface area contributed by atoms with Crippen LogP contribution in [0.2, 0.25) is 0 Å². The average molecular weight is 263 g/mol. The third-order valence-corrected chi connectivity index (χ3v) is 2.33. The molecule has 0 heterocycles. The van der Waals surface area contributed by atoms with E-state index in [1.807, 2.05) is 18.2 Å². The van der Waals surface area contributed by atoms with Crippen molar-refractivity contribution in [3.8, 4) is 5.75 Å². The summed E-state index contributed by atoms with van der Waals surface area (Å²) in [6.45, 7) is 0. The zero-order valence-electron chi connectivity index (χ0n) is 6.30. The van der Waals surface area contributed by atoms with Crippen LogP contribution in [-0.2, 0) is 4.43 Å². The molecule has 0 bridgehead atoms. The summed E-state index contributed by atoms with van der Waals surface area (Å²) in [7, 11) is 1.62. The van der Waals surface area contributed by atoms with Gasteiger partial charge >= 0.3 is 0 Å². The molecule has 11 heavy (non-hydrogen) atoms. The summed E-state index contributed by atoms with van der Waals surface area (Å²) in [6.07, 6.45) is 0. The van der Waals surface area contributed by atoms with E-state index in [0.29, 0.717) is 5.69 Å². The Morgan fingerprint density at radius 1 is 1.55 bits per heavy atom. The van der Waals surface area contributed by atoms with E-state index < -0.39 is 0 Å². The molecule has 60 valence electrons. The van der Waals surface area contributed by atoms with Crippen LogP contribution in [0.1, 0.15) is 5.56 Å². The average Bonchev–Trinajstić information content (AvgIpc) is 2.04. The smallest absolute Gasteiger partial charge is 0.141 e. The van der Waals surface area contributed by atoms with Crippen molar-refractivity contribution in [3.63, 3.8) is 0 Å². The van der Waals surface area contributed by atoms with Crippen molar-refractivity contribution in [2.24, 2.45) is 0 Å². The number of hydrogen-bond acceptors (Lipinski definition) is 2. The van der Waals surface area contributed by atoms with Crippen molar-refractivity contribution in [2.45, 2.75) is 4.43 Å². The van der Waals surface area contributed by atoms with Crippen molar-refractivity contribution in [2.75, 3.05) is 12.8 Å². The zero-order chi connectivity index (χ0) is 8.27. The standard InChI is InChI=1S/C8H10INO/c1-11-8-3-2-6(5-9)4-7(8)10/h2-4H,5,10H2,1H3. The van der Waals surface area contributed by atoms with Crippen molar-refractivity contribution >= 4 is 28.3 Å². The number of hydrogen-bond donors (Lipinski definition) is 1. The van der Waals surface area contributed by atoms with Crippen LogP contribution in [0.3, 0.4) is 0 Å². The summed E-state index contributed by atoms with van der Waals surface area (Å²) in [5, 5.41) is 0. The number of alkyl halides is 1. The van der Waals surface area contributed by atoms with Gasteiger partial charge in [-0.2, -0.15) is 0 Å². The Kier molecular flexibility index (Phi) is 2.99. The zero-order valence-corrected chi connectivity index (χ0v) is 8.46. The normalized spacial score (nSPS) is 9.64. The van der Waals surface area contributed by atoms with Crippen molar-refractivity contribution in [1.82, 2.24) is 0 Å². The Bertz CT molecular complexity index is 250. The van der Waals surface area contributed by atoms with Crippen LogP contribution in [0, 0.1) is 0 Å². The van der Waals surface area contributed by atoms with Gasteiger partial charge < -0.3 is 10.5 Å². The fourth-order valence-corrected chi connectivity index (χ4v) is 1.34. The van der Waals surface area contributed by atoms with Crippen LogP contribution in [-0.4, -0.2) is 7.11 Å². The Morgan fingerprint density at radius 3 is 2.73 bits per heavy atom. The first-order valence-electron chi connectivity index (χ1n) is 3.26. The van der Waals surface area contributed by atoms with Gasteiger partial charge in [0.15, 0.2) is 0 Å². The summed E-state index contributed by atoms with van der Waals surface area (Å²) in [4.78, 5) is 0. The molecule has 0 aliphatic carbocycles. The lowest BCUT2D eigenvalue weighted by Gasteiger charge is -2.04. The fourth-order valence-electron chi connectivity index (χ4n) is 0.867. The monoisotopic (exact) mass is 263 g/mol. The molecule has 0 unspecified atom stereocenters. The molecule has 3 heteroatoms. The third-order valence-electron chi connectivity index (χ3n) is 1.45. The summed E-state index contributed by atoms with van der Waals surface area (Å²) >= 11 is 2.30. The molecule has 0 aliphatic heterocycles. The molecule has 0 fully saturated rings. The topological polar surface area (TPSA) is 35.2 Å². The summed E-state index contributed by atoms with van der Waals surface area (Å²) in [5.74, 6) is 0.749. The van der Waals surface area contributed by atoms with Gasteiger partial charge in [-0.1, -0.05) is 28.7 Å². The highest BCUT2D eigenvalue weighted by Crippen LogP contribution is 2.22. The molecule has 2 N–H and O–H groups in total. The molecule has 0 saturated heterocycles. The van der Waals surface area contributed by atoms with Crippen LogP contribution in [0.4, 0.5) is 5.69 Å². The van der Waals surface area contributed by atoms with E-state index in [4.69, 9.17) is 10.5 Å². The molecule has 2 nitrogen and oxygen atoms in total. The van der Waals surface area contributed by atoms with Crippen LogP contribution in [0.15, 0.2) is 18.2 Å². The molecule has 0 amide bonds. The second-order valence-electron chi connectivity index (χ2n) is 2.21. The summed E-state index contributed by atoms with van der Waals surface area (Å²) in [6, 6.07) is 5.84. The SMILES string of the molecule is COc1ccc(CI)cc1N. The molecule has 0 spiro atoms. The van der Waals surface area contributed by atoms with Gasteiger partial charge in [0.05, 0.1) is 12.8 Å². The van der Waals surface area contributed by atoms with E-state index in [1.54, 1.807) is 7.11 Å². The largest absolute Gasteiger partial charge is 0.495 e. The molecular weight excluding hydrogens is 253 g/mol. The molecule has 0 aromatic heterocycles. The number of nitrogens with two attached hydrogens (primary N) is 1. The number of benzene rings is 1. The minimum atomic E-state index is 0.710. The first kappa shape index (κ1) is 8.64. The first-order chi connectivity index (χ1) is 5.27. The summed E-state index contributed by atoms with van der Waals surface area (Å²) in [5.41, 5.74) is 7.61. The molecule has 0 saturated carbocycles. The minimum Gasteiger partial charge on any atom is -0.495 e. The van der Waals surface area contributed by atoms with Gasteiger partial charge in [0.1, 0.15) is 5.75 Å². The van der Waals surface area contributed by atoms with E-state index >= 15 is 0 Å².